The zero-order valence-electron chi connectivity index (χ0n) is 30.4. The fraction of sp³-hybridized carbons (Fsp3) is 0.541. The van der Waals surface area contributed by atoms with E-state index >= 15 is 0 Å². The summed E-state index contributed by atoms with van der Waals surface area (Å²) in [7, 11) is 1.47. The van der Waals surface area contributed by atoms with Crippen molar-refractivity contribution in [3.8, 4) is 0 Å². The monoisotopic (exact) mass is 746 g/mol. The van der Waals surface area contributed by atoms with Crippen LogP contribution in [0.25, 0.3) is 0 Å². The van der Waals surface area contributed by atoms with E-state index in [0.29, 0.717) is 0 Å². The van der Waals surface area contributed by atoms with Crippen LogP contribution in [0.15, 0.2) is 60.7 Å². The first kappa shape index (κ1) is 41.3. The summed E-state index contributed by atoms with van der Waals surface area (Å²) in [4.78, 5) is 61.6. The fourth-order valence-corrected chi connectivity index (χ4v) is 5.96. The van der Waals surface area contributed by atoms with E-state index in [1.54, 1.807) is 0 Å². The van der Waals surface area contributed by atoms with Crippen molar-refractivity contribution in [3.63, 3.8) is 0 Å². The lowest BCUT2D eigenvalue weighted by Gasteiger charge is -2.50. The zero-order chi connectivity index (χ0) is 38.5. The van der Waals surface area contributed by atoms with Gasteiger partial charge in [0.2, 0.25) is 0 Å². The quantitative estimate of drug-likeness (QED) is 0.170. The van der Waals surface area contributed by atoms with Gasteiger partial charge in [-0.15, -0.1) is 0 Å². The maximum Gasteiger partial charge on any atom is 0.303 e. The number of carbonyl (C=O) groups excluding carboxylic acids is 5. The number of ether oxygens (including phenoxy) is 11. The summed E-state index contributed by atoms with van der Waals surface area (Å²) in [5.41, 5.74) is 1.74. The molecule has 0 saturated carbocycles. The molecule has 53 heavy (non-hydrogen) atoms. The summed E-state index contributed by atoms with van der Waals surface area (Å²) < 4.78 is 64.7. The molecule has 0 radical (unpaired) electrons. The van der Waals surface area contributed by atoms with Crippen LogP contribution in [0.1, 0.15) is 45.7 Å². The topological polar surface area (TPSA) is 187 Å². The molecule has 2 saturated heterocycles. The van der Waals surface area contributed by atoms with E-state index in [4.69, 9.17) is 52.1 Å². The number of esters is 5. The molecule has 0 N–H and O–H groups in total. The number of hydrogen-bond donors (Lipinski definition) is 0. The molecule has 0 amide bonds. The van der Waals surface area contributed by atoms with Gasteiger partial charge in [0, 0.05) is 41.7 Å². The average molecular weight is 747 g/mol. The lowest BCUT2D eigenvalue weighted by molar-refractivity contribution is -0.380. The molecule has 0 bridgehead atoms. The van der Waals surface area contributed by atoms with Crippen LogP contribution >= 0.6 is 0 Å². The third-order valence-corrected chi connectivity index (χ3v) is 8.07. The standard InChI is InChI=1S/C37H46O16/c1-21(38)44-19-28(48-22(2)39)31(49-23(3)40)33(50-24(4)41)35(51-25(5)42)37-47-20-29-30(53-37)32(45-17-26-13-9-7-10-14-26)34(36(43-6)52-29)46-18-27-15-11-8-12-16-27/h7-16,28-37H,17-20H2,1-6H3/t28-,29+,30-,31+,32-,33+,34+,35-,36-,37?/m0/s1. The Kier molecular flexibility index (Phi) is 15.7. The second-order valence-electron chi connectivity index (χ2n) is 12.3. The summed E-state index contributed by atoms with van der Waals surface area (Å²) in [6.45, 7) is 4.95. The first-order valence-corrected chi connectivity index (χ1v) is 16.9. The fourth-order valence-electron chi connectivity index (χ4n) is 5.96. The van der Waals surface area contributed by atoms with Crippen LogP contribution in [-0.4, -0.2) is 112 Å². The van der Waals surface area contributed by atoms with E-state index in [2.05, 4.69) is 0 Å². The molecule has 2 fully saturated rings. The highest BCUT2D eigenvalue weighted by molar-refractivity contribution is 5.69. The van der Waals surface area contributed by atoms with E-state index in [1.165, 1.54) is 7.11 Å². The van der Waals surface area contributed by atoms with E-state index in [1.807, 2.05) is 60.7 Å². The van der Waals surface area contributed by atoms with Gasteiger partial charge >= 0.3 is 29.8 Å². The Balaban J connectivity index is 1.73. The predicted octanol–water partition coefficient (Wildman–Crippen LogP) is 2.56. The minimum absolute atomic E-state index is 0.142. The Morgan fingerprint density at radius 3 is 1.70 bits per heavy atom. The van der Waals surface area contributed by atoms with E-state index in [0.717, 1.165) is 45.7 Å². The first-order valence-electron chi connectivity index (χ1n) is 16.9. The number of carbonyl (C=O) groups is 5. The highest BCUT2D eigenvalue weighted by atomic mass is 16.8. The van der Waals surface area contributed by atoms with Crippen LogP contribution < -0.4 is 0 Å². The minimum Gasteiger partial charge on any atom is -0.462 e. The molecule has 2 aromatic carbocycles. The van der Waals surface area contributed by atoms with Crippen molar-refractivity contribution in [2.45, 2.75) is 109 Å². The Morgan fingerprint density at radius 1 is 0.660 bits per heavy atom. The highest BCUT2D eigenvalue weighted by Crippen LogP contribution is 2.36. The number of rotatable bonds is 17. The van der Waals surface area contributed by atoms with Gasteiger partial charge < -0.3 is 52.1 Å². The molecule has 4 rings (SSSR count). The van der Waals surface area contributed by atoms with Crippen molar-refractivity contribution < 1.29 is 76.1 Å². The van der Waals surface area contributed by atoms with Gasteiger partial charge in [0.05, 0.1) is 19.8 Å². The lowest BCUT2D eigenvalue weighted by atomic mass is 9.96. The van der Waals surface area contributed by atoms with Gasteiger partial charge in [0.1, 0.15) is 31.0 Å². The smallest absolute Gasteiger partial charge is 0.303 e. The molecule has 2 heterocycles. The van der Waals surface area contributed by atoms with Crippen molar-refractivity contribution in [2.75, 3.05) is 20.3 Å². The largest absolute Gasteiger partial charge is 0.462 e. The van der Waals surface area contributed by atoms with Crippen molar-refractivity contribution in [1.29, 1.82) is 0 Å². The third-order valence-electron chi connectivity index (χ3n) is 8.07. The van der Waals surface area contributed by atoms with Crippen molar-refractivity contribution in [1.82, 2.24) is 0 Å². The van der Waals surface area contributed by atoms with Crippen LogP contribution in [0.4, 0.5) is 0 Å². The molecule has 0 spiro atoms. The van der Waals surface area contributed by atoms with Crippen LogP contribution in [0.2, 0.25) is 0 Å². The highest BCUT2D eigenvalue weighted by Gasteiger charge is 2.55. The number of benzene rings is 2. The molecule has 16 heteroatoms. The second kappa shape index (κ2) is 20.1. The molecule has 16 nitrogen and oxygen atoms in total. The maximum atomic E-state index is 12.6. The molecule has 2 aliphatic heterocycles. The Bertz CT molecular complexity index is 1500. The van der Waals surface area contributed by atoms with Crippen molar-refractivity contribution >= 4 is 29.8 Å². The second-order valence-corrected chi connectivity index (χ2v) is 12.3. The molecule has 2 aromatic rings. The van der Waals surface area contributed by atoms with Crippen LogP contribution in [-0.2, 0) is 89.3 Å². The molecular weight excluding hydrogens is 700 g/mol. The molecule has 290 valence electrons. The average Bonchev–Trinajstić information content (AvgIpc) is 3.12. The number of fused-ring (bicyclic) bond motifs is 1. The Morgan fingerprint density at radius 2 is 1.19 bits per heavy atom. The van der Waals surface area contributed by atoms with Gasteiger partial charge in [0.15, 0.2) is 37.0 Å². The van der Waals surface area contributed by atoms with Gasteiger partial charge in [-0.2, -0.15) is 0 Å². The Labute approximate surface area is 307 Å². The predicted molar refractivity (Wildman–Crippen MR) is 179 cm³/mol. The number of hydrogen-bond acceptors (Lipinski definition) is 16. The van der Waals surface area contributed by atoms with Crippen molar-refractivity contribution in [2.24, 2.45) is 0 Å². The maximum absolute atomic E-state index is 12.6. The van der Waals surface area contributed by atoms with E-state index in [-0.39, 0.29) is 19.8 Å². The van der Waals surface area contributed by atoms with Crippen LogP contribution in [0, 0.1) is 0 Å². The lowest BCUT2D eigenvalue weighted by Crippen LogP contribution is -2.67. The van der Waals surface area contributed by atoms with Gasteiger partial charge in [-0.05, 0) is 11.1 Å². The van der Waals surface area contributed by atoms with E-state index < -0.39 is 97.9 Å². The summed E-state index contributed by atoms with van der Waals surface area (Å²) in [5.74, 6) is -4.23. The van der Waals surface area contributed by atoms with Crippen LogP contribution in [0.3, 0.4) is 0 Å². The SMILES string of the molecule is CO[C@H]1O[C@@H]2COC([C@@H](OC(C)=O)[C@H](OC(C)=O)[C@H](OC(C)=O)[C@H](COC(C)=O)OC(C)=O)O[C@@H]2[C@H](OCc2ccccc2)[C@H]1OCc1ccccc1. The van der Waals surface area contributed by atoms with Crippen molar-refractivity contribution in [3.05, 3.63) is 71.8 Å². The molecule has 1 unspecified atom stereocenters. The molecule has 0 aromatic heterocycles. The minimum atomic E-state index is -1.73. The van der Waals surface area contributed by atoms with Gasteiger partial charge in [-0.3, -0.25) is 24.0 Å². The normalized spacial score (nSPS) is 24.6. The van der Waals surface area contributed by atoms with Gasteiger partial charge in [-0.1, -0.05) is 60.7 Å². The molecule has 2 aliphatic rings. The summed E-state index contributed by atoms with van der Waals surface area (Å²) in [6, 6.07) is 18.9. The summed E-state index contributed by atoms with van der Waals surface area (Å²) >= 11 is 0. The Hall–Kier alpha value is -4.45. The van der Waals surface area contributed by atoms with Gasteiger partial charge in [-0.25, -0.2) is 0 Å². The molecule has 0 aliphatic carbocycles. The molecular formula is C37H46O16. The first-order chi connectivity index (χ1) is 25.4. The molecule has 10 atom stereocenters. The zero-order valence-corrected chi connectivity index (χ0v) is 30.4. The summed E-state index contributed by atoms with van der Waals surface area (Å²) in [5, 5.41) is 0. The number of methoxy groups -OCH3 is 1. The third kappa shape index (κ3) is 12.3. The van der Waals surface area contributed by atoms with E-state index in [9.17, 15) is 24.0 Å². The summed E-state index contributed by atoms with van der Waals surface area (Å²) in [6.07, 6.45) is -12.5. The van der Waals surface area contributed by atoms with Gasteiger partial charge in [0.25, 0.3) is 0 Å². The van der Waals surface area contributed by atoms with Crippen LogP contribution in [0.5, 0.6) is 0 Å².